The highest BCUT2D eigenvalue weighted by molar-refractivity contribution is 5.94. The second-order valence-electron chi connectivity index (χ2n) is 4.87. The molecule has 1 saturated heterocycles. The van der Waals surface area contributed by atoms with Crippen molar-refractivity contribution in [2.45, 2.75) is 12.5 Å². The van der Waals surface area contributed by atoms with Crippen molar-refractivity contribution in [3.8, 4) is 0 Å². The minimum Gasteiger partial charge on any atom is -0.355 e. The fourth-order valence-corrected chi connectivity index (χ4v) is 2.15. The van der Waals surface area contributed by atoms with Crippen molar-refractivity contribution in [2.24, 2.45) is 5.73 Å². The lowest BCUT2D eigenvalue weighted by Gasteiger charge is -2.12. The van der Waals surface area contributed by atoms with Crippen LogP contribution in [0.2, 0.25) is 0 Å². The largest absolute Gasteiger partial charge is 0.355 e. The van der Waals surface area contributed by atoms with Gasteiger partial charge < -0.3 is 16.0 Å². The topological polar surface area (TPSA) is 75.4 Å². The van der Waals surface area contributed by atoms with E-state index in [2.05, 4.69) is 5.32 Å². The van der Waals surface area contributed by atoms with E-state index in [4.69, 9.17) is 5.73 Å². The number of amides is 2. The number of hydrogen-bond donors (Lipinski definition) is 2. The molecule has 5 nitrogen and oxygen atoms in total. The Balaban J connectivity index is 1.97. The SMILES string of the molecule is CNC(=O)c1ccc(C=CC(=O)N2CC[C@@H](N)C2)cc1. The molecule has 0 saturated carbocycles. The third-order valence-electron chi connectivity index (χ3n) is 3.35. The van der Waals surface area contributed by atoms with E-state index in [1.54, 1.807) is 36.2 Å². The fourth-order valence-electron chi connectivity index (χ4n) is 2.15. The maximum absolute atomic E-state index is 11.9. The molecule has 1 aromatic carbocycles. The number of nitrogens with zero attached hydrogens (tertiary/aromatic N) is 1. The Labute approximate surface area is 118 Å². The second-order valence-corrected chi connectivity index (χ2v) is 4.87. The van der Waals surface area contributed by atoms with E-state index in [9.17, 15) is 9.59 Å². The highest BCUT2D eigenvalue weighted by Gasteiger charge is 2.21. The number of nitrogens with two attached hydrogens (primary N) is 1. The third kappa shape index (κ3) is 3.45. The van der Waals surface area contributed by atoms with E-state index in [1.807, 2.05) is 12.1 Å². The van der Waals surface area contributed by atoms with E-state index >= 15 is 0 Å². The highest BCUT2D eigenvalue weighted by Crippen LogP contribution is 2.10. The van der Waals surface area contributed by atoms with Crippen molar-refractivity contribution in [2.75, 3.05) is 20.1 Å². The lowest BCUT2D eigenvalue weighted by Crippen LogP contribution is -2.30. The number of nitrogens with one attached hydrogen (secondary N) is 1. The Kier molecular flexibility index (Phi) is 4.53. The first-order chi connectivity index (χ1) is 9.60. The summed E-state index contributed by atoms with van der Waals surface area (Å²) >= 11 is 0. The van der Waals surface area contributed by atoms with Gasteiger partial charge in [0.1, 0.15) is 0 Å². The molecule has 5 heteroatoms. The number of benzene rings is 1. The van der Waals surface area contributed by atoms with Crippen molar-refractivity contribution in [1.29, 1.82) is 0 Å². The first-order valence-corrected chi connectivity index (χ1v) is 6.65. The van der Waals surface area contributed by atoms with Crippen LogP contribution in [-0.2, 0) is 4.79 Å². The molecule has 2 rings (SSSR count). The zero-order valence-corrected chi connectivity index (χ0v) is 11.5. The number of likely N-dealkylation sites (tertiary alicyclic amines) is 1. The monoisotopic (exact) mass is 273 g/mol. The van der Waals surface area contributed by atoms with Gasteiger partial charge >= 0.3 is 0 Å². The van der Waals surface area contributed by atoms with Gasteiger partial charge in [-0.25, -0.2) is 0 Å². The van der Waals surface area contributed by atoms with Gasteiger partial charge in [0, 0.05) is 37.8 Å². The molecule has 0 aromatic heterocycles. The molecule has 0 unspecified atom stereocenters. The van der Waals surface area contributed by atoms with Crippen molar-refractivity contribution in [3.63, 3.8) is 0 Å². The summed E-state index contributed by atoms with van der Waals surface area (Å²) in [5, 5.41) is 2.56. The Morgan fingerprint density at radius 3 is 2.60 bits per heavy atom. The van der Waals surface area contributed by atoms with E-state index in [1.165, 1.54) is 0 Å². The molecule has 1 atom stereocenters. The number of carbonyl (C=O) groups excluding carboxylic acids is 2. The standard InChI is InChI=1S/C15H19N3O2/c1-17-15(20)12-5-2-11(3-6-12)4-7-14(19)18-9-8-13(16)10-18/h2-7,13H,8-10,16H2,1H3,(H,17,20)/t13-/m1/s1. The number of rotatable bonds is 3. The summed E-state index contributed by atoms with van der Waals surface area (Å²) < 4.78 is 0. The van der Waals surface area contributed by atoms with Gasteiger partial charge in [-0.15, -0.1) is 0 Å². The molecular weight excluding hydrogens is 254 g/mol. The Bertz CT molecular complexity index is 522. The van der Waals surface area contributed by atoms with Gasteiger partial charge in [-0.3, -0.25) is 9.59 Å². The predicted octanol–water partition coefficient (Wildman–Crippen LogP) is 0.619. The Morgan fingerprint density at radius 1 is 1.35 bits per heavy atom. The van der Waals surface area contributed by atoms with Crippen LogP contribution in [0.3, 0.4) is 0 Å². The normalized spacial score (nSPS) is 18.5. The average molecular weight is 273 g/mol. The van der Waals surface area contributed by atoms with Crippen LogP contribution in [0.25, 0.3) is 6.08 Å². The van der Waals surface area contributed by atoms with Gasteiger partial charge in [-0.05, 0) is 30.2 Å². The van der Waals surface area contributed by atoms with E-state index in [0.29, 0.717) is 12.1 Å². The van der Waals surface area contributed by atoms with Crippen LogP contribution in [0.1, 0.15) is 22.3 Å². The van der Waals surface area contributed by atoms with Crippen molar-refractivity contribution in [1.82, 2.24) is 10.2 Å². The molecule has 0 bridgehead atoms. The molecule has 1 aliphatic heterocycles. The van der Waals surface area contributed by atoms with Gasteiger partial charge in [-0.1, -0.05) is 12.1 Å². The van der Waals surface area contributed by atoms with Crippen molar-refractivity contribution < 1.29 is 9.59 Å². The van der Waals surface area contributed by atoms with E-state index in [0.717, 1.165) is 18.5 Å². The summed E-state index contributed by atoms with van der Waals surface area (Å²) in [6, 6.07) is 7.18. The molecular formula is C15H19N3O2. The summed E-state index contributed by atoms with van der Waals surface area (Å²) in [5.74, 6) is -0.143. The van der Waals surface area contributed by atoms with Crippen LogP contribution >= 0.6 is 0 Å². The molecule has 2 amide bonds. The summed E-state index contributed by atoms with van der Waals surface area (Å²) in [5.41, 5.74) is 7.25. The molecule has 1 aromatic rings. The van der Waals surface area contributed by atoms with Crippen LogP contribution in [0, 0.1) is 0 Å². The zero-order valence-electron chi connectivity index (χ0n) is 11.5. The van der Waals surface area contributed by atoms with Gasteiger partial charge in [0.25, 0.3) is 5.91 Å². The lowest BCUT2D eigenvalue weighted by molar-refractivity contribution is -0.124. The van der Waals surface area contributed by atoms with Crippen LogP contribution < -0.4 is 11.1 Å². The number of hydrogen-bond acceptors (Lipinski definition) is 3. The number of carbonyl (C=O) groups is 2. The second kappa shape index (κ2) is 6.34. The average Bonchev–Trinajstić information content (AvgIpc) is 2.91. The van der Waals surface area contributed by atoms with Gasteiger partial charge in [0.15, 0.2) is 0 Å². The molecule has 3 N–H and O–H groups in total. The molecule has 1 fully saturated rings. The maximum Gasteiger partial charge on any atom is 0.251 e. The summed E-state index contributed by atoms with van der Waals surface area (Å²) in [6.07, 6.45) is 4.16. The van der Waals surface area contributed by atoms with Gasteiger partial charge in [-0.2, -0.15) is 0 Å². The first kappa shape index (κ1) is 14.3. The Hall–Kier alpha value is -2.14. The minimum absolute atomic E-state index is 0.0201. The van der Waals surface area contributed by atoms with Gasteiger partial charge in [0.05, 0.1) is 0 Å². The maximum atomic E-state index is 11.9. The van der Waals surface area contributed by atoms with Crippen LogP contribution in [0.5, 0.6) is 0 Å². The molecule has 106 valence electrons. The van der Waals surface area contributed by atoms with Gasteiger partial charge in [0.2, 0.25) is 5.91 Å². The summed E-state index contributed by atoms with van der Waals surface area (Å²) in [7, 11) is 1.59. The third-order valence-corrected chi connectivity index (χ3v) is 3.35. The molecule has 0 radical (unpaired) electrons. The highest BCUT2D eigenvalue weighted by atomic mass is 16.2. The van der Waals surface area contributed by atoms with E-state index < -0.39 is 0 Å². The van der Waals surface area contributed by atoms with Crippen LogP contribution in [0.4, 0.5) is 0 Å². The van der Waals surface area contributed by atoms with Crippen molar-refractivity contribution >= 4 is 17.9 Å². The lowest BCUT2D eigenvalue weighted by atomic mass is 10.1. The molecule has 1 heterocycles. The zero-order chi connectivity index (χ0) is 14.5. The first-order valence-electron chi connectivity index (χ1n) is 6.65. The smallest absolute Gasteiger partial charge is 0.251 e. The Morgan fingerprint density at radius 2 is 2.05 bits per heavy atom. The van der Waals surface area contributed by atoms with Crippen LogP contribution in [0.15, 0.2) is 30.3 Å². The fraction of sp³-hybridized carbons (Fsp3) is 0.333. The molecule has 20 heavy (non-hydrogen) atoms. The minimum atomic E-state index is -0.123. The van der Waals surface area contributed by atoms with Crippen LogP contribution in [-0.4, -0.2) is 42.9 Å². The van der Waals surface area contributed by atoms with Crippen molar-refractivity contribution in [3.05, 3.63) is 41.5 Å². The van der Waals surface area contributed by atoms with E-state index in [-0.39, 0.29) is 17.9 Å². The summed E-state index contributed by atoms with van der Waals surface area (Å²) in [6.45, 7) is 1.35. The molecule has 0 spiro atoms. The predicted molar refractivity (Wildman–Crippen MR) is 78.0 cm³/mol. The molecule has 1 aliphatic rings. The summed E-state index contributed by atoms with van der Waals surface area (Å²) in [4.78, 5) is 25.0. The quantitative estimate of drug-likeness (QED) is 0.793. The molecule has 0 aliphatic carbocycles.